The zero-order valence-corrected chi connectivity index (χ0v) is 11.5. The van der Waals surface area contributed by atoms with Gasteiger partial charge in [0.25, 0.3) is 0 Å². The molecule has 0 fully saturated rings. The Hall–Kier alpha value is -1.08. The summed E-state index contributed by atoms with van der Waals surface area (Å²) in [4.78, 5) is 0. The molecule has 0 spiro atoms. The third kappa shape index (κ3) is 3.19. The predicted molar refractivity (Wildman–Crippen MR) is 74.0 cm³/mol. The fourth-order valence-electron chi connectivity index (χ4n) is 1.80. The molecule has 17 heavy (non-hydrogen) atoms. The third-order valence-electron chi connectivity index (χ3n) is 4.16. The smallest absolute Gasteiger partial charge is 0.0710 e. The first-order valence-corrected chi connectivity index (χ1v) is 6.19. The normalized spacial score (nSPS) is 15.4. The number of aliphatic hydroxyl groups is 1. The second-order valence-electron chi connectivity index (χ2n) is 5.66. The van der Waals surface area contributed by atoms with E-state index in [0.29, 0.717) is 0 Å². The van der Waals surface area contributed by atoms with Crippen LogP contribution in [0, 0.1) is 5.41 Å². The molecule has 1 aromatic rings. The molecule has 0 aliphatic rings. The van der Waals surface area contributed by atoms with E-state index < -0.39 is 5.60 Å². The minimum Gasteiger partial charge on any atom is -0.389 e. The Kier molecular flexibility index (Phi) is 4.16. The van der Waals surface area contributed by atoms with Gasteiger partial charge in [-0.15, -0.1) is 0 Å². The predicted octanol–water partition coefficient (Wildman–Crippen LogP) is 3.97. The molecule has 0 aliphatic carbocycles. The number of aryl methyl sites for hydroxylation is 1. The van der Waals surface area contributed by atoms with Crippen molar-refractivity contribution in [3.63, 3.8) is 0 Å². The Balaban J connectivity index is 2.71. The summed E-state index contributed by atoms with van der Waals surface area (Å²) in [6, 6.07) is 10.3. The lowest BCUT2D eigenvalue weighted by atomic mass is 9.69. The number of hydrogen-bond donors (Lipinski definition) is 1. The van der Waals surface area contributed by atoms with Gasteiger partial charge in [0, 0.05) is 5.41 Å². The van der Waals surface area contributed by atoms with Gasteiger partial charge in [0.1, 0.15) is 0 Å². The highest BCUT2D eigenvalue weighted by atomic mass is 16.3. The van der Waals surface area contributed by atoms with Gasteiger partial charge in [0.15, 0.2) is 0 Å². The summed E-state index contributed by atoms with van der Waals surface area (Å²) in [6.07, 6.45) is 1.64. The van der Waals surface area contributed by atoms with Gasteiger partial charge in [-0.2, -0.15) is 0 Å². The maximum Gasteiger partial charge on any atom is 0.0710 e. The van der Waals surface area contributed by atoms with E-state index in [9.17, 15) is 5.11 Å². The molecule has 0 aromatic heterocycles. The van der Waals surface area contributed by atoms with Crippen LogP contribution in [0.3, 0.4) is 0 Å². The summed E-state index contributed by atoms with van der Waals surface area (Å²) in [5, 5.41) is 10.6. The van der Waals surface area contributed by atoms with Crippen LogP contribution in [0.4, 0.5) is 0 Å². The monoisotopic (exact) mass is 232 g/mol. The number of hydrogen-bond acceptors (Lipinski definition) is 1. The van der Waals surface area contributed by atoms with Crippen LogP contribution in [0.5, 0.6) is 0 Å². The molecule has 0 aliphatic heterocycles. The quantitative estimate of drug-likeness (QED) is 0.761. The molecule has 1 atom stereocenters. The molecule has 1 unspecified atom stereocenters. The summed E-state index contributed by atoms with van der Waals surface area (Å²) >= 11 is 0. The van der Waals surface area contributed by atoms with Crippen molar-refractivity contribution < 1.29 is 5.11 Å². The van der Waals surface area contributed by atoms with Crippen LogP contribution in [0.15, 0.2) is 42.5 Å². The number of benzene rings is 1. The fourth-order valence-corrected chi connectivity index (χ4v) is 1.80. The van der Waals surface area contributed by atoms with Crippen molar-refractivity contribution in [3.05, 3.63) is 48.0 Å². The van der Waals surface area contributed by atoms with E-state index >= 15 is 0 Å². The zero-order chi connectivity index (χ0) is 13.1. The number of rotatable bonds is 5. The molecule has 1 rings (SSSR count). The van der Waals surface area contributed by atoms with Crippen molar-refractivity contribution in [2.24, 2.45) is 5.41 Å². The molecule has 1 nitrogen and oxygen atoms in total. The maximum absolute atomic E-state index is 10.6. The van der Waals surface area contributed by atoms with Gasteiger partial charge in [-0.1, -0.05) is 56.3 Å². The third-order valence-corrected chi connectivity index (χ3v) is 4.16. The van der Waals surface area contributed by atoms with E-state index in [2.05, 4.69) is 32.6 Å². The lowest BCUT2D eigenvalue weighted by Gasteiger charge is -2.41. The molecular weight excluding hydrogens is 208 g/mol. The van der Waals surface area contributed by atoms with E-state index in [4.69, 9.17) is 0 Å². The van der Waals surface area contributed by atoms with Gasteiger partial charge in [-0.25, -0.2) is 0 Å². The Labute approximate surface area is 105 Å². The average Bonchev–Trinajstić information content (AvgIpc) is 2.27. The van der Waals surface area contributed by atoms with E-state index in [-0.39, 0.29) is 5.41 Å². The van der Waals surface area contributed by atoms with Gasteiger partial charge in [0.05, 0.1) is 5.60 Å². The van der Waals surface area contributed by atoms with E-state index in [1.807, 2.05) is 32.0 Å². The van der Waals surface area contributed by atoms with Crippen LogP contribution in [-0.4, -0.2) is 10.7 Å². The molecule has 0 radical (unpaired) electrons. The first-order valence-electron chi connectivity index (χ1n) is 6.19. The SMILES string of the molecule is C=C(C)C(C)(C)C(C)(O)CCc1ccccc1. The highest BCUT2D eigenvalue weighted by molar-refractivity contribution is 5.17. The Morgan fingerprint density at radius 1 is 1.18 bits per heavy atom. The van der Waals surface area contributed by atoms with E-state index in [1.165, 1.54) is 5.56 Å². The lowest BCUT2D eigenvalue weighted by Crippen LogP contribution is -2.42. The minimum absolute atomic E-state index is 0.262. The summed E-state index contributed by atoms with van der Waals surface area (Å²) in [7, 11) is 0. The van der Waals surface area contributed by atoms with Crippen LogP contribution in [0.2, 0.25) is 0 Å². The largest absolute Gasteiger partial charge is 0.389 e. The summed E-state index contributed by atoms with van der Waals surface area (Å²) < 4.78 is 0. The van der Waals surface area contributed by atoms with Crippen LogP contribution in [-0.2, 0) is 6.42 Å². The van der Waals surface area contributed by atoms with Crippen molar-refractivity contribution >= 4 is 0 Å². The standard InChI is InChI=1S/C16H24O/c1-13(2)15(3,4)16(5,17)12-11-14-9-7-6-8-10-14/h6-10,17H,1,11-12H2,2-5H3. The topological polar surface area (TPSA) is 20.2 Å². The van der Waals surface area contributed by atoms with Gasteiger partial charge in [-0.3, -0.25) is 0 Å². The van der Waals surface area contributed by atoms with Crippen molar-refractivity contribution in [2.75, 3.05) is 0 Å². The van der Waals surface area contributed by atoms with Gasteiger partial charge in [0.2, 0.25) is 0 Å². The van der Waals surface area contributed by atoms with Gasteiger partial charge >= 0.3 is 0 Å². The molecule has 0 amide bonds. The first-order chi connectivity index (χ1) is 7.77. The second kappa shape index (κ2) is 5.05. The molecule has 0 saturated carbocycles. The van der Waals surface area contributed by atoms with Gasteiger partial charge in [-0.05, 0) is 32.3 Å². The second-order valence-corrected chi connectivity index (χ2v) is 5.66. The van der Waals surface area contributed by atoms with Gasteiger partial charge < -0.3 is 5.11 Å². The lowest BCUT2D eigenvalue weighted by molar-refractivity contribution is -0.0377. The molecule has 1 aromatic carbocycles. The highest BCUT2D eigenvalue weighted by Gasteiger charge is 2.39. The molecule has 94 valence electrons. The summed E-state index contributed by atoms with van der Waals surface area (Å²) in [5.74, 6) is 0. The van der Waals surface area contributed by atoms with Crippen LogP contribution in [0.1, 0.15) is 39.7 Å². The van der Waals surface area contributed by atoms with Crippen LogP contribution in [0.25, 0.3) is 0 Å². The van der Waals surface area contributed by atoms with Crippen molar-refractivity contribution in [2.45, 2.75) is 46.1 Å². The van der Waals surface area contributed by atoms with Crippen molar-refractivity contribution in [1.82, 2.24) is 0 Å². The summed E-state index contributed by atoms with van der Waals surface area (Å²) in [6.45, 7) is 12.0. The van der Waals surface area contributed by atoms with Crippen LogP contribution >= 0.6 is 0 Å². The molecule has 1 N–H and O–H groups in total. The zero-order valence-electron chi connectivity index (χ0n) is 11.5. The minimum atomic E-state index is -0.728. The van der Waals surface area contributed by atoms with E-state index in [0.717, 1.165) is 18.4 Å². The maximum atomic E-state index is 10.6. The molecule has 0 bridgehead atoms. The molecule has 0 heterocycles. The Morgan fingerprint density at radius 3 is 2.18 bits per heavy atom. The molecule has 0 saturated heterocycles. The molecule has 1 heteroatoms. The Morgan fingerprint density at radius 2 is 1.71 bits per heavy atom. The first kappa shape index (κ1) is 14.0. The van der Waals surface area contributed by atoms with Crippen molar-refractivity contribution in [3.8, 4) is 0 Å². The summed E-state index contributed by atoms with van der Waals surface area (Å²) in [5.41, 5.74) is 1.30. The Bertz CT molecular complexity index is 374. The highest BCUT2D eigenvalue weighted by Crippen LogP contribution is 2.39. The van der Waals surface area contributed by atoms with Crippen molar-refractivity contribution in [1.29, 1.82) is 0 Å². The average molecular weight is 232 g/mol. The van der Waals surface area contributed by atoms with Crippen LogP contribution < -0.4 is 0 Å². The fraction of sp³-hybridized carbons (Fsp3) is 0.500. The van der Waals surface area contributed by atoms with E-state index in [1.54, 1.807) is 0 Å². The molecular formula is C16H24O.